The van der Waals surface area contributed by atoms with Gasteiger partial charge in [-0.05, 0) is 33.8 Å². The zero-order valence-electron chi connectivity index (χ0n) is 16.1. The summed E-state index contributed by atoms with van der Waals surface area (Å²) in [6, 6.07) is 10.3. The Hall–Kier alpha value is -2.73. The van der Waals surface area contributed by atoms with E-state index in [1.165, 1.54) is 5.56 Å². The van der Waals surface area contributed by atoms with Crippen LogP contribution >= 0.6 is 0 Å². The number of rotatable bonds is 2. The summed E-state index contributed by atoms with van der Waals surface area (Å²) in [5.74, 6) is 0.00270. The Morgan fingerprint density at radius 1 is 1.22 bits per heavy atom. The van der Waals surface area contributed by atoms with Gasteiger partial charge in [-0.2, -0.15) is 0 Å². The first-order chi connectivity index (χ1) is 13.0. The molecule has 4 rings (SSSR count). The summed E-state index contributed by atoms with van der Waals surface area (Å²) in [5.41, 5.74) is 4.55. The third kappa shape index (κ3) is 3.10. The molecule has 6 heteroatoms. The van der Waals surface area contributed by atoms with Crippen molar-refractivity contribution in [2.24, 2.45) is 0 Å². The number of hydrogen-bond donors (Lipinski definition) is 1. The average molecular weight is 364 g/mol. The maximum absolute atomic E-state index is 13.5. The molecule has 2 unspecified atom stereocenters. The van der Waals surface area contributed by atoms with Crippen molar-refractivity contribution < 1.29 is 9.32 Å². The molecule has 2 aromatic heterocycles. The van der Waals surface area contributed by atoms with Crippen LogP contribution in [-0.2, 0) is 0 Å². The van der Waals surface area contributed by atoms with Crippen LogP contribution in [0.1, 0.15) is 35.5 Å². The van der Waals surface area contributed by atoms with Gasteiger partial charge in [-0.15, -0.1) is 0 Å². The van der Waals surface area contributed by atoms with E-state index < -0.39 is 0 Å². The highest BCUT2D eigenvalue weighted by molar-refractivity contribution is 6.07. The van der Waals surface area contributed by atoms with Gasteiger partial charge in [0.1, 0.15) is 0 Å². The molecule has 0 spiro atoms. The highest BCUT2D eigenvalue weighted by atomic mass is 16.5. The van der Waals surface area contributed by atoms with Gasteiger partial charge in [-0.1, -0.05) is 35.0 Å². The highest BCUT2D eigenvalue weighted by Gasteiger charge is 2.31. The van der Waals surface area contributed by atoms with Crippen molar-refractivity contribution in [3.05, 3.63) is 47.2 Å². The third-order valence-electron chi connectivity index (χ3n) is 5.49. The topological polar surface area (TPSA) is 71.3 Å². The second kappa shape index (κ2) is 6.78. The molecule has 1 fully saturated rings. The smallest absolute Gasteiger partial charge is 0.259 e. The summed E-state index contributed by atoms with van der Waals surface area (Å²) in [4.78, 5) is 20.0. The normalized spacial score (nSPS) is 20.2. The van der Waals surface area contributed by atoms with Gasteiger partial charge >= 0.3 is 0 Å². The summed E-state index contributed by atoms with van der Waals surface area (Å²) in [6.07, 6.45) is 0. The summed E-state index contributed by atoms with van der Waals surface area (Å²) in [7, 11) is 0. The van der Waals surface area contributed by atoms with Crippen molar-refractivity contribution in [1.29, 1.82) is 0 Å². The lowest BCUT2D eigenvalue weighted by Gasteiger charge is -2.38. The van der Waals surface area contributed by atoms with Gasteiger partial charge in [0.15, 0.2) is 0 Å². The zero-order valence-corrected chi connectivity index (χ0v) is 16.1. The molecule has 0 saturated carbocycles. The van der Waals surface area contributed by atoms with Crippen molar-refractivity contribution >= 4 is 17.0 Å². The third-order valence-corrected chi connectivity index (χ3v) is 5.49. The van der Waals surface area contributed by atoms with E-state index in [4.69, 9.17) is 4.52 Å². The Labute approximate surface area is 158 Å². The number of carbonyl (C=O) groups excluding carboxylic acids is 1. The minimum atomic E-state index is 0.00270. The Balaban J connectivity index is 1.84. The summed E-state index contributed by atoms with van der Waals surface area (Å²) in [5, 5.41) is 8.17. The summed E-state index contributed by atoms with van der Waals surface area (Å²) < 4.78 is 5.42. The monoisotopic (exact) mass is 364 g/mol. The molecule has 1 N–H and O–H groups in total. The molecular weight excluding hydrogens is 340 g/mol. The maximum atomic E-state index is 13.5. The van der Waals surface area contributed by atoms with Crippen LogP contribution in [0.25, 0.3) is 22.4 Å². The lowest BCUT2D eigenvalue weighted by atomic mass is 10.0. The highest BCUT2D eigenvalue weighted by Crippen LogP contribution is 2.29. The first-order valence-corrected chi connectivity index (χ1v) is 9.34. The molecule has 1 aromatic carbocycles. The minimum Gasteiger partial charge on any atom is -0.335 e. The molecule has 27 heavy (non-hydrogen) atoms. The van der Waals surface area contributed by atoms with Gasteiger partial charge in [-0.3, -0.25) is 4.79 Å². The van der Waals surface area contributed by atoms with E-state index in [2.05, 4.69) is 29.3 Å². The number of nitrogens with one attached hydrogen (secondary N) is 1. The molecule has 0 bridgehead atoms. The van der Waals surface area contributed by atoms with E-state index in [0.717, 1.165) is 17.8 Å². The fourth-order valence-corrected chi connectivity index (χ4v) is 3.63. The standard InChI is InChI=1S/C21H24N4O2/c1-12-5-7-16(8-6-12)18-11-17(19-14(3)24-27-20(19)23-18)21(26)25-10-9-22-13(2)15(25)4/h5-8,11,13,15,22H,9-10H2,1-4H3. The number of pyridine rings is 1. The molecule has 140 valence electrons. The maximum Gasteiger partial charge on any atom is 0.259 e. The molecule has 1 amide bonds. The molecule has 1 aliphatic rings. The van der Waals surface area contributed by atoms with E-state index >= 15 is 0 Å². The Morgan fingerprint density at radius 2 is 1.96 bits per heavy atom. The van der Waals surface area contributed by atoms with E-state index in [9.17, 15) is 4.79 Å². The van der Waals surface area contributed by atoms with Crippen LogP contribution in [0.15, 0.2) is 34.9 Å². The predicted molar refractivity (Wildman–Crippen MR) is 105 cm³/mol. The predicted octanol–water partition coefficient (Wildman–Crippen LogP) is 3.33. The van der Waals surface area contributed by atoms with Crippen LogP contribution in [0.2, 0.25) is 0 Å². The first-order valence-electron chi connectivity index (χ1n) is 9.34. The van der Waals surface area contributed by atoms with Gasteiger partial charge < -0.3 is 14.7 Å². The Kier molecular flexibility index (Phi) is 4.44. The molecule has 1 saturated heterocycles. The fraction of sp³-hybridized carbons (Fsp3) is 0.381. The quantitative estimate of drug-likeness (QED) is 0.755. The number of aromatic nitrogens is 2. The lowest BCUT2D eigenvalue weighted by molar-refractivity contribution is 0.0605. The van der Waals surface area contributed by atoms with Gasteiger partial charge in [0.2, 0.25) is 0 Å². The van der Waals surface area contributed by atoms with Gasteiger partial charge in [0, 0.05) is 30.7 Å². The molecule has 2 atom stereocenters. The van der Waals surface area contributed by atoms with Gasteiger partial charge in [0.05, 0.1) is 22.3 Å². The second-order valence-corrected chi connectivity index (χ2v) is 7.35. The van der Waals surface area contributed by atoms with Gasteiger partial charge in [0.25, 0.3) is 11.6 Å². The molecule has 3 heterocycles. The number of piperazine rings is 1. The Morgan fingerprint density at radius 3 is 2.70 bits per heavy atom. The van der Waals surface area contributed by atoms with Crippen LogP contribution < -0.4 is 5.32 Å². The summed E-state index contributed by atoms with van der Waals surface area (Å²) in [6.45, 7) is 9.54. The number of nitrogens with zero attached hydrogens (tertiary/aromatic N) is 3. The molecule has 0 radical (unpaired) electrons. The van der Waals surface area contributed by atoms with Crippen molar-refractivity contribution in [3.63, 3.8) is 0 Å². The van der Waals surface area contributed by atoms with Crippen LogP contribution in [0.5, 0.6) is 0 Å². The van der Waals surface area contributed by atoms with Crippen molar-refractivity contribution in [1.82, 2.24) is 20.4 Å². The number of benzene rings is 1. The van der Waals surface area contributed by atoms with E-state index in [1.807, 2.05) is 49.1 Å². The molecule has 3 aromatic rings. The van der Waals surface area contributed by atoms with Crippen LogP contribution in [0.3, 0.4) is 0 Å². The van der Waals surface area contributed by atoms with Crippen molar-refractivity contribution in [2.45, 2.75) is 39.8 Å². The number of aryl methyl sites for hydroxylation is 2. The van der Waals surface area contributed by atoms with Crippen molar-refractivity contribution in [3.8, 4) is 11.3 Å². The molecule has 0 aliphatic carbocycles. The van der Waals surface area contributed by atoms with E-state index in [-0.39, 0.29) is 18.0 Å². The van der Waals surface area contributed by atoms with Gasteiger partial charge in [-0.25, -0.2) is 4.98 Å². The van der Waals surface area contributed by atoms with E-state index in [1.54, 1.807) is 0 Å². The summed E-state index contributed by atoms with van der Waals surface area (Å²) >= 11 is 0. The zero-order chi connectivity index (χ0) is 19.1. The molecule has 6 nitrogen and oxygen atoms in total. The SMILES string of the molecule is Cc1ccc(-c2cc(C(=O)N3CCNC(C)C3C)c3c(C)noc3n2)cc1. The number of fused-ring (bicyclic) bond motifs is 1. The average Bonchev–Trinajstić information content (AvgIpc) is 3.04. The van der Waals surface area contributed by atoms with Crippen LogP contribution in [0.4, 0.5) is 0 Å². The van der Waals surface area contributed by atoms with Crippen LogP contribution in [-0.4, -0.2) is 46.1 Å². The van der Waals surface area contributed by atoms with Crippen LogP contribution in [0, 0.1) is 13.8 Å². The van der Waals surface area contributed by atoms with E-state index in [0.29, 0.717) is 28.9 Å². The minimum absolute atomic E-state index is 0.00270. The molecule has 1 aliphatic heterocycles. The second-order valence-electron chi connectivity index (χ2n) is 7.35. The number of hydrogen-bond acceptors (Lipinski definition) is 5. The molecular formula is C21H24N4O2. The lowest BCUT2D eigenvalue weighted by Crippen LogP contribution is -2.57. The largest absolute Gasteiger partial charge is 0.335 e. The number of carbonyl (C=O) groups is 1. The van der Waals surface area contributed by atoms with Crippen molar-refractivity contribution in [2.75, 3.05) is 13.1 Å². The number of amides is 1. The first kappa shape index (κ1) is 17.7. The Bertz CT molecular complexity index is 993. The fourth-order valence-electron chi connectivity index (χ4n) is 3.63.